The van der Waals surface area contributed by atoms with Crippen LogP contribution in [0, 0.1) is 5.82 Å². The Morgan fingerprint density at radius 2 is 1.77 bits per heavy atom. The Morgan fingerprint density at radius 1 is 1.00 bits per heavy atom. The summed E-state index contributed by atoms with van der Waals surface area (Å²) in [5, 5.41) is 4.36. The van der Waals surface area contributed by atoms with Crippen molar-refractivity contribution in [3.8, 4) is 22.6 Å². The van der Waals surface area contributed by atoms with Crippen LogP contribution in [0.25, 0.3) is 16.8 Å². The Hall–Kier alpha value is -3.74. The molecule has 2 heterocycles. The van der Waals surface area contributed by atoms with Crippen molar-refractivity contribution >= 4 is 11.4 Å². The van der Waals surface area contributed by atoms with Crippen molar-refractivity contribution in [3.05, 3.63) is 77.5 Å². The van der Waals surface area contributed by atoms with Crippen molar-refractivity contribution in [1.82, 2.24) is 14.6 Å². The number of rotatable bonds is 4. The molecule has 0 saturated heterocycles. The van der Waals surface area contributed by atoms with E-state index in [1.807, 2.05) is 18.2 Å². The lowest BCUT2D eigenvalue weighted by Crippen LogP contribution is -2.21. The molecule has 0 fully saturated rings. The van der Waals surface area contributed by atoms with Crippen LogP contribution >= 0.6 is 0 Å². The highest BCUT2D eigenvalue weighted by Gasteiger charge is 2.29. The average molecular weight is 417 g/mol. The minimum Gasteiger partial charge on any atom is -0.493 e. The Balaban J connectivity index is 1.55. The molecule has 0 bridgehead atoms. The van der Waals surface area contributed by atoms with Crippen LogP contribution < -0.4 is 9.47 Å². The van der Waals surface area contributed by atoms with Crippen molar-refractivity contribution in [3.63, 3.8) is 0 Å². The Morgan fingerprint density at radius 3 is 2.52 bits per heavy atom. The Bertz CT molecular complexity index is 1300. The third-order valence-electron chi connectivity index (χ3n) is 5.78. The van der Waals surface area contributed by atoms with Crippen molar-refractivity contribution < 1.29 is 18.7 Å². The molecule has 6 nitrogen and oxygen atoms in total. The zero-order chi connectivity index (χ0) is 21.5. The van der Waals surface area contributed by atoms with Crippen molar-refractivity contribution in [2.75, 3.05) is 14.2 Å². The van der Waals surface area contributed by atoms with E-state index in [-0.39, 0.29) is 17.5 Å². The number of halogens is 1. The van der Waals surface area contributed by atoms with E-state index < -0.39 is 0 Å². The largest absolute Gasteiger partial charge is 0.493 e. The molecular formula is C24H20FN3O3. The highest BCUT2D eigenvalue weighted by atomic mass is 19.1. The minimum absolute atomic E-state index is 0.00745. The summed E-state index contributed by atoms with van der Waals surface area (Å²) >= 11 is 0. The van der Waals surface area contributed by atoms with Gasteiger partial charge >= 0.3 is 0 Å². The van der Waals surface area contributed by atoms with Gasteiger partial charge in [-0.15, -0.1) is 0 Å². The number of fused-ring (bicyclic) bond motifs is 2. The summed E-state index contributed by atoms with van der Waals surface area (Å²) < 4.78 is 25.7. The monoisotopic (exact) mass is 417 g/mol. The van der Waals surface area contributed by atoms with E-state index in [1.165, 1.54) is 12.1 Å². The van der Waals surface area contributed by atoms with Crippen molar-refractivity contribution in [2.45, 2.75) is 18.8 Å². The van der Waals surface area contributed by atoms with Gasteiger partial charge in [0.05, 0.1) is 31.7 Å². The summed E-state index contributed by atoms with van der Waals surface area (Å²) in [4.78, 5) is 17.7. The van der Waals surface area contributed by atoms with E-state index >= 15 is 0 Å². The summed E-state index contributed by atoms with van der Waals surface area (Å²) in [7, 11) is 3.19. The molecule has 0 radical (unpaired) electrons. The first-order valence-corrected chi connectivity index (χ1v) is 9.95. The van der Waals surface area contributed by atoms with Crippen molar-refractivity contribution in [1.29, 1.82) is 0 Å². The molecular weight excluding hydrogens is 397 g/mol. The smallest absolute Gasteiger partial charge is 0.166 e. The third kappa shape index (κ3) is 3.32. The number of hydrogen-bond donors (Lipinski definition) is 0. The van der Waals surface area contributed by atoms with Crippen molar-refractivity contribution in [2.24, 2.45) is 0 Å². The first kappa shape index (κ1) is 19.2. The molecule has 7 heteroatoms. The summed E-state index contributed by atoms with van der Waals surface area (Å²) in [6.07, 6.45) is 4.46. The molecule has 1 atom stereocenters. The van der Waals surface area contributed by atoms with Crippen LogP contribution in [0.3, 0.4) is 0 Å². The van der Waals surface area contributed by atoms with Gasteiger partial charge in [-0.25, -0.2) is 13.9 Å². The molecule has 31 heavy (non-hydrogen) atoms. The number of Topliss-reactive ketones (excluding diaryl/α,β-unsaturated/α-hetero) is 1. The fourth-order valence-electron chi connectivity index (χ4n) is 4.15. The molecule has 1 aliphatic rings. The Labute approximate surface area is 178 Å². The summed E-state index contributed by atoms with van der Waals surface area (Å²) in [5.41, 5.74) is 4.60. The predicted octanol–water partition coefficient (Wildman–Crippen LogP) is 4.47. The molecule has 5 rings (SSSR count). The maximum atomic E-state index is 13.3. The Kier molecular flexibility index (Phi) is 4.66. The van der Waals surface area contributed by atoms with Gasteiger partial charge in [-0.2, -0.15) is 5.10 Å². The SMILES string of the molecule is COc1ccc(C2CC(=O)c3cn4ncc(-c5ccc(F)cc5)c4nc3C2)cc1OC. The second kappa shape index (κ2) is 7.50. The quantitative estimate of drug-likeness (QED) is 0.490. The van der Waals surface area contributed by atoms with Gasteiger partial charge in [-0.3, -0.25) is 4.79 Å². The van der Waals surface area contributed by atoms with Gasteiger partial charge in [-0.05, 0) is 47.7 Å². The summed E-state index contributed by atoms with van der Waals surface area (Å²) in [5.74, 6) is 1.02. The number of carbonyl (C=O) groups excluding carboxylic acids is 1. The predicted molar refractivity (Wildman–Crippen MR) is 113 cm³/mol. The van der Waals surface area contributed by atoms with Crippen LogP contribution in [0.1, 0.15) is 34.0 Å². The molecule has 0 saturated carbocycles. The van der Waals surface area contributed by atoms with E-state index in [4.69, 9.17) is 14.5 Å². The molecule has 0 amide bonds. The number of carbonyl (C=O) groups is 1. The average Bonchev–Trinajstić information content (AvgIpc) is 3.20. The van der Waals surface area contributed by atoms with Gasteiger partial charge in [0.25, 0.3) is 0 Å². The van der Waals surface area contributed by atoms with Crippen LogP contribution in [0.4, 0.5) is 4.39 Å². The van der Waals surface area contributed by atoms with Gasteiger partial charge < -0.3 is 9.47 Å². The standard InChI is InChI=1S/C24H20FN3O3/c1-30-22-8-5-15(11-23(22)31-2)16-9-20-19(21(29)10-16)13-28-24(27-20)18(12-26-28)14-3-6-17(25)7-4-14/h3-8,11-13,16H,9-10H2,1-2H3. The number of benzene rings is 2. The zero-order valence-corrected chi connectivity index (χ0v) is 17.1. The lowest BCUT2D eigenvalue weighted by molar-refractivity contribution is 0.0962. The molecule has 2 aromatic carbocycles. The molecule has 0 aliphatic heterocycles. The van der Waals surface area contributed by atoms with E-state index in [0.717, 1.165) is 22.4 Å². The fourth-order valence-corrected chi connectivity index (χ4v) is 4.15. The van der Waals surface area contributed by atoms with Crippen LogP contribution in [-0.4, -0.2) is 34.6 Å². The third-order valence-corrected chi connectivity index (χ3v) is 5.78. The first-order valence-electron chi connectivity index (χ1n) is 9.95. The maximum Gasteiger partial charge on any atom is 0.166 e. The fraction of sp³-hybridized carbons (Fsp3) is 0.208. The number of aromatic nitrogens is 3. The number of nitrogens with zero attached hydrogens (tertiary/aromatic N) is 3. The molecule has 1 aliphatic carbocycles. The minimum atomic E-state index is -0.297. The van der Waals surface area contributed by atoms with Crippen LogP contribution in [0.5, 0.6) is 11.5 Å². The number of ether oxygens (including phenoxy) is 2. The number of ketones is 1. The lowest BCUT2D eigenvalue weighted by Gasteiger charge is -2.24. The molecule has 4 aromatic rings. The normalized spacial score (nSPS) is 15.7. The maximum absolute atomic E-state index is 13.3. The number of hydrogen-bond acceptors (Lipinski definition) is 5. The molecule has 0 N–H and O–H groups in total. The second-order valence-electron chi connectivity index (χ2n) is 7.58. The molecule has 2 aromatic heterocycles. The van der Waals surface area contributed by atoms with Gasteiger partial charge in [-0.1, -0.05) is 18.2 Å². The molecule has 0 spiro atoms. The van der Waals surface area contributed by atoms with Crippen LogP contribution in [0.15, 0.2) is 54.9 Å². The highest BCUT2D eigenvalue weighted by Crippen LogP contribution is 2.37. The van der Waals surface area contributed by atoms with E-state index in [9.17, 15) is 9.18 Å². The van der Waals surface area contributed by atoms with E-state index in [2.05, 4.69) is 5.10 Å². The summed E-state index contributed by atoms with van der Waals surface area (Å²) in [6.45, 7) is 0. The van der Waals surface area contributed by atoms with Gasteiger partial charge in [0.2, 0.25) is 0 Å². The van der Waals surface area contributed by atoms with E-state index in [1.54, 1.807) is 43.3 Å². The highest BCUT2D eigenvalue weighted by molar-refractivity contribution is 5.99. The molecule has 156 valence electrons. The summed E-state index contributed by atoms with van der Waals surface area (Å²) in [6, 6.07) is 12.0. The van der Waals surface area contributed by atoms with Gasteiger partial charge in [0, 0.05) is 18.2 Å². The van der Waals surface area contributed by atoms with Crippen LogP contribution in [0.2, 0.25) is 0 Å². The first-order chi connectivity index (χ1) is 15.1. The molecule has 1 unspecified atom stereocenters. The second-order valence-corrected chi connectivity index (χ2v) is 7.58. The van der Waals surface area contributed by atoms with Gasteiger partial charge in [0.1, 0.15) is 5.82 Å². The van der Waals surface area contributed by atoms with E-state index in [0.29, 0.717) is 35.6 Å². The zero-order valence-electron chi connectivity index (χ0n) is 17.1. The van der Waals surface area contributed by atoms with Gasteiger partial charge in [0.15, 0.2) is 22.9 Å². The topological polar surface area (TPSA) is 65.7 Å². The number of methoxy groups -OCH3 is 2. The van der Waals surface area contributed by atoms with Crippen LogP contribution in [-0.2, 0) is 6.42 Å². The lowest BCUT2D eigenvalue weighted by atomic mass is 9.82.